The Hall–Kier alpha value is -5.25. The van der Waals surface area contributed by atoms with E-state index in [9.17, 15) is 24.2 Å². The highest BCUT2D eigenvalue weighted by Crippen LogP contribution is 2.44. The molecule has 0 aliphatic carbocycles. The lowest BCUT2D eigenvalue weighted by atomic mass is 10.1. The number of rotatable bonds is 14. The molecule has 0 bridgehead atoms. The summed E-state index contributed by atoms with van der Waals surface area (Å²) in [6.45, 7) is 0.355. The van der Waals surface area contributed by atoms with Gasteiger partial charge in [0.25, 0.3) is 0 Å². The summed E-state index contributed by atoms with van der Waals surface area (Å²) < 4.78 is 32.3. The van der Waals surface area contributed by atoms with Gasteiger partial charge < -0.3 is 24.4 Å². The number of amides is 1. The number of benzene rings is 5. The van der Waals surface area contributed by atoms with E-state index in [1.807, 2.05) is 121 Å². The van der Waals surface area contributed by atoms with E-state index in [0.717, 1.165) is 22.3 Å². The molecule has 1 amide bonds. The van der Waals surface area contributed by atoms with Gasteiger partial charge in [-0.2, -0.15) is 0 Å². The molecule has 0 radical (unpaired) electrons. The van der Waals surface area contributed by atoms with Crippen LogP contribution in [0.15, 0.2) is 140 Å². The van der Waals surface area contributed by atoms with Crippen molar-refractivity contribution < 1.29 is 42.7 Å². The van der Waals surface area contributed by atoms with Crippen LogP contribution in [0.2, 0.25) is 0 Å². The van der Waals surface area contributed by atoms with Crippen LogP contribution in [0.5, 0.6) is 11.5 Å². The molecule has 0 heterocycles. The second kappa shape index (κ2) is 18.9. The Kier molecular flexibility index (Phi) is 14.1. The van der Waals surface area contributed by atoms with E-state index >= 15 is 0 Å². The van der Waals surface area contributed by atoms with E-state index in [2.05, 4.69) is 0 Å². The van der Waals surface area contributed by atoms with Crippen molar-refractivity contribution in [2.75, 3.05) is 13.6 Å². The van der Waals surface area contributed by atoms with Crippen molar-refractivity contribution in [3.8, 4) is 11.5 Å². The van der Waals surface area contributed by atoms with Crippen molar-refractivity contribution in [3.63, 3.8) is 0 Å². The van der Waals surface area contributed by atoms with Gasteiger partial charge in [0, 0.05) is 12.6 Å². The maximum Gasteiger partial charge on any atom is 0.472 e. The molecule has 5 rings (SSSR count). The SMILES string of the molecule is CN(CC(=O)c1ccc(OCc2ccccc2)c(O)c1)C(=O)OCc1ccccc1.O=P(O)(OCc1ccccc1)OCc1ccccc1. The highest BCUT2D eigenvalue weighted by molar-refractivity contribution is 7.47. The van der Waals surface area contributed by atoms with Gasteiger partial charge in [-0.05, 0) is 40.5 Å². The van der Waals surface area contributed by atoms with E-state index in [-0.39, 0.29) is 49.2 Å². The highest BCUT2D eigenvalue weighted by Gasteiger charge is 2.21. The zero-order valence-electron chi connectivity index (χ0n) is 27.0. The van der Waals surface area contributed by atoms with Crippen LogP contribution in [0.1, 0.15) is 32.6 Å². The third-order valence-electron chi connectivity index (χ3n) is 6.89. The molecule has 0 atom stereocenters. The number of phenols is 1. The third kappa shape index (κ3) is 13.1. The van der Waals surface area contributed by atoms with Gasteiger partial charge in [0.05, 0.1) is 19.8 Å². The Morgan fingerprint density at radius 3 is 1.51 bits per heavy atom. The van der Waals surface area contributed by atoms with Gasteiger partial charge in [-0.25, -0.2) is 9.36 Å². The van der Waals surface area contributed by atoms with Crippen LogP contribution in [0.25, 0.3) is 0 Å². The Balaban J connectivity index is 0.000000244. The van der Waals surface area contributed by atoms with Crippen LogP contribution < -0.4 is 4.74 Å². The van der Waals surface area contributed by atoms with Crippen LogP contribution in [-0.4, -0.2) is 40.4 Å². The Morgan fingerprint density at radius 1 is 0.633 bits per heavy atom. The molecule has 0 unspecified atom stereocenters. The molecule has 254 valence electrons. The minimum absolute atomic E-state index is 0.0450. The standard InChI is InChI=1S/C24H23NO5.C14H15O4P/c1-25(24(28)30-17-19-10-6-3-7-11-19)15-22(27)20-12-13-23(21(26)14-20)29-16-18-8-4-2-5-9-18;15-19(16,17-11-13-7-3-1-4-8-13)18-12-14-9-5-2-6-10-14/h2-14,26H,15-17H2,1H3;1-10H,11-12H2,(H,15,16). The minimum atomic E-state index is -4.02. The number of phosphoric acid groups is 1. The normalized spacial score (nSPS) is 10.7. The van der Waals surface area contributed by atoms with Gasteiger partial charge >= 0.3 is 13.9 Å². The highest BCUT2D eigenvalue weighted by atomic mass is 31.2. The van der Waals surface area contributed by atoms with Crippen LogP contribution in [-0.2, 0) is 44.8 Å². The first-order valence-corrected chi connectivity index (χ1v) is 16.8. The van der Waals surface area contributed by atoms with Gasteiger partial charge in [0.15, 0.2) is 17.3 Å². The van der Waals surface area contributed by atoms with Crippen LogP contribution in [0.3, 0.4) is 0 Å². The second-order valence-corrected chi connectivity index (χ2v) is 12.2. The lowest BCUT2D eigenvalue weighted by Gasteiger charge is -2.16. The van der Waals surface area contributed by atoms with Gasteiger partial charge in [0.2, 0.25) is 0 Å². The van der Waals surface area contributed by atoms with E-state index in [4.69, 9.17) is 18.5 Å². The fraction of sp³-hybridized carbons (Fsp3) is 0.158. The van der Waals surface area contributed by atoms with Crippen LogP contribution in [0, 0.1) is 0 Å². The molecule has 2 N–H and O–H groups in total. The molecule has 0 fully saturated rings. The van der Waals surface area contributed by atoms with Gasteiger partial charge in [0.1, 0.15) is 13.2 Å². The van der Waals surface area contributed by atoms with Crippen molar-refractivity contribution >= 4 is 19.7 Å². The summed E-state index contributed by atoms with van der Waals surface area (Å²) in [4.78, 5) is 35.3. The fourth-order valence-electron chi connectivity index (χ4n) is 4.25. The molecular formula is C38H38NO9P. The number of hydrogen-bond donors (Lipinski definition) is 2. The monoisotopic (exact) mass is 683 g/mol. The van der Waals surface area contributed by atoms with Gasteiger partial charge in [-0.15, -0.1) is 0 Å². The molecular weight excluding hydrogens is 645 g/mol. The number of ketones is 1. The van der Waals surface area contributed by atoms with Crippen molar-refractivity contribution in [1.29, 1.82) is 0 Å². The van der Waals surface area contributed by atoms with Crippen molar-refractivity contribution in [1.82, 2.24) is 4.90 Å². The number of likely N-dealkylation sites (N-methyl/N-ethyl adjacent to an activating group) is 1. The summed E-state index contributed by atoms with van der Waals surface area (Å²) in [7, 11) is -2.53. The number of hydrogen-bond acceptors (Lipinski definition) is 8. The first-order chi connectivity index (χ1) is 23.7. The van der Waals surface area contributed by atoms with Crippen LogP contribution in [0.4, 0.5) is 4.79 Å². The molecule has 0 saturated heterocycles. The summed E-state index contributed by atoms with van der Waals surface area (Å²) >= 11 is 0. The summed E-state index contributed by atoms with van der Waals surface area (Å²) in [6.07, 6.45) is -0.598. The zero-order valence-corrected chi connectivity index (χ0v) is 27.9. The first-order valence-electron chi connectivity index (χ1n) is 15.3. The van der Waals surface area contributed by atoms with Crippen molar-refractivity contribution in [2.24, 2.45) is 0 Å². The minimum Gasteiger partial charge on any atom is -0.504 e. The zero-order chi connectivity index (χ0) is 34.9. The predicted octanol–water partition coefficient (Wildman–Crippen LogP) is 7.94. The Labute approximate surface area is 285 Å². The molecule has 0 aromatic heterocycles. The van der Waals surface area contributed by atoms with E-state index in [1.165, 1.54) is 18.0 Å². The second-order valence-electron chi connectivity index (χ2n) is 10.8. The van der Waals surface area contributed by atoms with Gasteiger partial charge in [-0.3, -0.25) is 13.8 Å². The number of Topliss-reactive ketones (excluding diaryl/α,β-unsaturated/α-hetero) is 1. The largest absolute Gasteiger partial charge is 0.504 e. The van der Waals surface area contributed by atoms with E-state index in [0.29, 0.717) is 6.61 Å². The Morgan fingerprint density at radius 2 is 1.06 bits per heavy atom. The maximum absolute atomic E-state index is 12.5. The molecule has 49 heavy (non-hydrogen) atoms. The molecule has 0 saturated carbocycles. The number of ether oxygens (including phenoxy) is 2. The smallest absolute Gasteiger partial charge is 0.472 e. The first kappa shape index (κ1) is 36.6. The molecule has 11 heteroatoms. The molecule has 0 aliphatic rings. The fourth-order valence-corrected chi connectivity index (χ4v) is 4.95. The molecule has 0 aliphatic heterocycles. The maximum atomic E-state index is 12.5. The number of phosphoric ester groups is 1. The number of aromatic hydroxyl groups is 1. The molecule has 0 spiro atoms. The number of carbonyl (C=O) groups excluding carboxylic acids is 2. The van der Waals surface area contributed by atoms with Gasteiger partial charge in [-0.1, -0.05) is 121 Å². The average molecular weight is 684 g/mol. The average Bonchev–Trinajstić information content (AvgIpc) is 3.13. The molecule has 5 aromatic carbocycles. The number of carbonyl (C=O) groups is 2. The Bertz CT molecular complexity index is 1740. The van der Waals surface area contributed by atoms with Crippen molar-refractivity contribution in [3.05, 3.63) is 167 Å². The number of nitrogens with zero attached hydrogens (tertiary/aromatic N) is 1. The lowest BCUT2D eigenvalue weighted by molar-refractivity contribution is 0.0850. The summed E-state index contributed by atoms with van der Waals surface area (Å²) in [5, 5.41) is 10.2. The predicted molar refractivity (Wildman–Crippen MR) is 185 cm³/mol. The topological polar surface area (TPSA) is 132 Å². The molecule has 10 nitrogen and oxygen atoms in total. The lowest BCUT2D eigenvalue weighted by Crippen LogP contribution is -2.32. The van der Waals surface area contributed by atoms with E-state index < -0.39 is 13.9 Å². The molecule has 5 aromatic rings. The summed E-state index contributed by atoms with van der Waals surface area (Å²) in [5.41, 5.74) is 3.75. The third-order valence-corrected chi connectivity index (χ3v) is 7.80. The van der Waals surface area contributed by atoms with E-state index in [1.54, 1.807) is 12.1 Å². The summed E-state index contributed by atoms with van der Waals surface area (Å²) in [6, 6.07) is 41.7. The van der Waals surface area contributed by atoms with Crippen molar-refractivity contribution in [2.45, 2.75) is 26.4 Å². The van der Waals surface area contributed by atoms with Crippen LogP contribution >= 0.6 is 7.82 Å². The summed E-state index contributed by atoms with van der Waals surface area (Å²) in [5.74, 6) is -0.170. The number of phenolic OH excluding ortho intramolecular Hbond substituents is 1. The quantitative estimate of drug-likeness (QED) is 0.0884.